The highest BCUT2D eigenvalue weighted by Crippen LogP contribution is 2.14. The van der Waals surface area contributed by atoms with E-state index in [-0.39, 0.29) is 6.42 Å². The third kappa shape index (κ3) is 2.90. The summed E-state index contributed by atoms with van der Waals surface area (Å²) >= 11 is 5.82. The van der Waals surface area contributed by atoms with Crippen molar-refractivity contribution in [2.45, 2.75) is 19.9 Å². The Kier molecular flexibility index (Phi) is 3.67. The molecule has 4 nitrogen and oxygen atoms in total. The predicted molar refractivity (Wildman–Crippen MR) is 68.9 cm³/mol. The van der Waals surface area contributed by atoms with Gasteiger partial charge in [-0.2, -0.15) is 0 Å². The normalized spacial score (nSPS) is 10.6. The number of aliphatic carboxylic acids is 1. The minimum Gasteiger partial charge on any atom is -0.481 e. The molecule has 2 aromatic rings. The first-order valence-electron chi connectivity index (χ1n) is 5.53. The van der Waals surface area contributed by atoms with Crippen LogP contribution in [0.15, 0.2) is 30.6 Å². The Balaban J connectivity index is 2.23. The van der Waals surface area contributed by atoms with E-state index >= 15 is 0 Å². The van der Waals surface area contributed by atoms with Crippen LogP contribution in [0.25, 0.3) is 0 Å². The Labute approximate surface area is 110 Å². The molecule has 0 fully saturated rings. The number of imidazole rings is 1. The van der Waals surface area contributed by atoms with E-state index in [0.29, 0.717) is 11.6 Å². The van der Waals surface area contributed by atoms with Gasteiger partial charge in [0.1, 0.15) is 0 Å². The molecule has 0 unspecified atom stereocenters. The fraction of sp³-hybridized carbons (Fsp3) is 0.231. The number of halogens is 1. The van der Waals surface area contributed by atoms with Gasteiger partial charge in [0.05, 0.1) is 24.1 Å². The lowest BCUT2D eigenvalue weighted by atomic mass is 10.2. The molecule has 0 amide bonds. The largest absolute Gasteiger partial charge is 0.481 e. The minimum absolute atomic E-state index is 0.0145. The van der Waals surface area contributed by atoms with Crippen LogP contribution in [0.5, 0.6) is 0 Å². The molecule has 1 aromatic carbocycles. The number of nitrogens with zero attached hydrogens (tertiary/aromatic N) is 2. The van der Waals surface area contributed by atoms with Gasteiger partial charge in [-0.15, -0.1) is 0 Å². The molecule has 0 radical (unpaired) electrons. The van der Waals surface area contributed by atoms with Gasteiger partial charge in [0, 0.05) is 11.6 Å². The molecule has 1 aromatic heterocycles. The van der Waals surface area contributed by atoms with E-state index in [4.69, 9.17) is 16.7 Å². The lowest BCUT2D eigenvalue weighted by Gasteiger charge is -2.07. The molecule has 2 rings (SSSR count). The first-order chi connectivity index (χ1) is 8.56. The van der Waals surface area contributed by atoms with Gasteiger partial charge in [0.2, 0.25) is 0 Å². The third-order valence-corrected chi connectivity index (χ3v) is 2.99. The van der Waals surface area contributed by atoms with Crippen molar-refractivity contribution in [2.24, 2.45) is 0 Å². The lowest BCUT2D eigenvalue weighted by molar-refractivity contribution is -0.136. The van der Waals surface area contributed by atoms with E-state index in [0.717, 1.165) is 17.0 Å². The average Bonchev–Trinajstić information content (AvgIpc) is 2.64. The summed E-state index contributed by atoms with van der Waals surface area (Å²) in [7, 11) is 0. The summed E-state index contributed by atoms with van der Waals surface area (Å²) in [4.78, 5) is 15.0. The zero-order valence-corrected chi connectivity index (χ0v) is 10.7. The van der Waals surface area contributed by atoms with Crippen LogP contribution in [0.2, 0.25) is 5.02 Å². The third-order valence-electron chi connectivity index (χ3n) is 2.74. The average molecular weight is 265 g/mol. The fourth-order valence-electron chi connectivity index (χ4n) is 1.80. The predicted octanol–water partition coefficient (Wildman–Crippen LogP) is 2.52. The van der Waals surface area contributed by atoms with Crippen LogP contribution < -0.4 is 0 Å². The molecule has 0 aliphatic carbocycles. The number of carboxylic acid groups (broad SMARTS) is 1. The lowest BCUT2D eigenvalue weighted by Crippen LogP contribution is -2.09. The number of aromatic nitrogens is 2. The summed E-state index contributed by atoms with van der Waals surface area (Å²) in [5.41, 5.74) is 2.55. The van der Waals surface area contributed by atoms with E-state index in [1.807, 2.05) is 35.8 Å². The fourth-order valence-corrected chi connectivity index (χ4v) is 1.93. The second kappa shape index (κ2) is 5.23. The number of carbonyl (C=O) groups is 1. The molecular formula is C13H13ClN2O2. The molecular weight excluding hydrogens is 252 g/mol. The standard InChI is InChI=1S/C13H13ClN2O2/c1-9-12(6-13(17)18)16(8-15-9)7-10-2-4-11(14)5-3-10/h2-5,8H,6-7H2,1H3,(H,17,18). The van der Waals surface area contributed by atoms with Crippen molar-refractivity contribution in [2.75, 3.05) is 0 Å². The Hall–Kier alpha value is -1.81. The van der Waals surface area contributed by atoms with Crippen molar-refractivity contribution in [3.8, 4) is 0 Å². The highest BCUT2D eigenvalue weighted by molar-refractivity contribution is 6.30. The molecule has 0 saturated carbocycles. The maximum Gasteiger partial charge on any atom is 0.309 e. The highest BCUT2D eigenvalue weighted by atomic mass is 35.5. The van der Waals surface area contributed by atoms with Gasteiger partial charge >= 0.3 is 5.97 Å². The zero-order chi connectivity index (χ0) is 13.1. The Morgan fingerprint density at radius 3 is 2.67 bits per heavy atom. The minimum atomic E-state index is -0.851. The SMILES string of the molecule is Cc1ncn(Cc2ccc(Cl)cc2)c1CC(=O)O. The summed E-state index contributed by atoms with van der Waals surface area (Å²) in [5.74, 6) is -0.851. The van der Waals surface area contributed by atoms with Crippen LogP contribution in [0.1, 0.15) is 17.0 Å². The van der Waals surface area contributed by atoms with Crippen LogP contribution in [0, 0.1) is 6.92 Å². The summed E-state index contributed by atoms with van der Waals surface area (Å²) in [5, 5.41) is 9.56. The number of aryl methyl sites for hydroxylation is 1. The monoisotopic (exact) mass is 264 g/mol. The van der Waals surface area contributed by atoms with Gasteiger partial charge < -0.3 is 9.67 Å². The van der Waals surface area contributed by atoms with Gasteiger partial charge in [-0.05, 0) is 24.6 Å². The van der Waals surface area contributed by atoms with Crippen molar-refractivity contribution < 1.29 is 9.90 Å². The molecule has 0 atom stereocenters. The number of carboxylic acids is 1. The van der Waals surface area contributed by atoms with Crippen LogP contribution in [-0.4, -0.2) is 20.6 Å². The number of rotatable bonds is 4. The first kappa shape index (κ1) is 12.6. The van der Waals surface area contributed by atoms with Gasteiger partial charge in [0.25, 0.3) is 0 Å². The Morgan fingerprint density at radius 1 is 1.39 bits per heavy atom. The maximum absolute atomic E-state index is 10.8. The summed E-state index contributed by atoms with van der Waals surface area (Å²) in [6.07, 6.45) is 1.65. The van der Waals surface area contributed by atoms with Gasteiger partial charge in [-0.25, -0.2) is 4.98 Å². The van der Waals surface area contributed by atoms with Crippen LogP contribution in [0.3, 0.4) is 0 Å². The molecule has 5 heteroatoms. The molecule has 0 aliphatic rings. The van der Waals surface area contributed by atoms with Crippen LogP contribution >= 0.6 is 11.6 Å². The molecule has 1 N–H and O–H groups in total. The summed E-state index contributed by atoms with van der Waals surface area (Å²) < 4.78 is 1.85. The van der Waals surface area contributed by atoms with E-state index in [2.05, 4.69) is 4.98 Å². The molecule has 94 valence electrons. The van der Waals surface area contributed by atoms with Gasteiger partial charge in [-0.3, -0.25) is 4.79 Å². The topological polar surface area (TPSA) is 55.1 Å². The van der Waals surface area contributed by atoms with Crippen molar-refractivity contribution in [3.63, 3.8) is 0 Å². The van der Waals surface area contributed by atoms with Crippen molar-refractivity contribution in [1.82, 2.24) is 9.55 Å². The quantitative estimate of drug-likeness (QED) is 0.923. The number of hydrogen-bond donors (Lipinski definition) is 1. The van der Waals surface area contributed by atoms with E-state index in [1.165, 1.54) is 0 Å². The Bertz CT molecular complexity index is 561. The number of hydrogen-bond acceptors (Lipinski definition) is 2. The van der Waals surface area contributed by atoms with Crippen LogP contribution in [0.4, 0.5) is 0 Å². The van der Waals surface area contributed by atoms with Crippen molar-refractivity contribution in [1.29, 1.82) is 0 Å². The molecule has 1 heterocycles. The molecule has 0 saturated heterocycles. The van der Waals surface area contributed by atoms with Gasteiger partial charge in [-0.1, -0.05) is 23.7 Å². The second-order valence-electron chi connectivity index (χ2n) is 4.10. The second-order valence-corrected chi connectivity index (χ2v) is 4.54. The number of benzene rings is 1. The maximum atomic E-state index is 10.8. The Morgan fingerprint density at radius 2 is 2.06 bits per heavy atom. The van der Waals surface area contributed by atoms with Gasteiger partial charge in [0.15, 0.2) is 0 Å². The molecule has 18 heavy (non-hydrogen) atoms. The smallest absolute Gasteiger partial charge is 0.309 e. The molecule has 0 spiro atoms. The molecule has 0 bridgehead atoms. The zero-order valence-electron chi connectivity index (χ0n) is 9.93. The van der Waals surface area contributed by atoms with Crippen molar-refractivity contribution in [3.05, 3.63) is 52.6 Å². The summed E-state index contributed by atoms with van der Waals surface area (Å²) in [6.45, 7) is 2.41. The van der Waals surface area contributed by atoms with Crippen LogP contribution in [-0.2, 0) is 17.8 Å². The molecule has 0 aliphatic heterocycles. The van der Waals surface area contributed by atoms with E-state index < -0.39 is 5.97 Å². The van der Waals surface area contributed by atoms with E-state index in [9.17, 15) is 4.79 Å². The summed E-state index contributed by atoms with van der Waals surface area (Å²) in [6, 6.07) is 7.47. The van der Waals surface area contributed by atoms with Crippen molar-refractivity contribution >= 4 is 17.6 Å². The first-order valence-corrected chi connectivity index (χ1v) is 5.91. The highest BCUT2D eigenvalue weighted by Gasteiger charge is 2.11. The van der Waals surface area contributed by atoms with E-state index in [1.54, 1.807) is 6.33 Å².